The minimum absolute atomic E-state index is 0.215. The molecule has 1 aliphatic heterocycles. The molecule has 1 heterocycles. The second-order valence-corrected chi connectivity index (χ2v) is 9.11. The van der Waals surface area contributed by atoms with Gasteiger partial charge in [-0.2, -0.15) is 0 Å². The molecule has 1 fully saturated rings. The Morgan fingerprint density at radius 3 is 2.47 bits per heavy atom. The summed E-state index contributed by atoms with van der Waals surface area (Å²) in [5, 5.41) is 10.00. The van der Waals surface area contributed by atoms with Crippen molar-refractivity contribution in [1.29, 1.82) is 0 Å². The van der Waals surface area contributed by atoms with Crippen LogP contribution >= 0.6 is 0 Å². The van der Waals surface area contributed by atoms with Crippen LogP contribution in [-0.2, 0) is 6.42 Å². The first-order valence-electron chi connectivity index (χ1n) is 11.6. The van der Waals surface area contributed by atoms with E-state index in [9.17, 15) is 9.50 Å². The maximum absolute atomic E-state index is 12.6. The van der Waals surface area contributed by atoms with Gasteiger partial charge in [0.25, 0.3) is 0 Å². The first-order chi connectivity index (χ1) is 15.7. The number of fused-ring (bicyclic) bond motifs is 1. The molecule has 32 heavy (non-hydrogen) atoms. The van der Waals surface area contributed by atoms with Gasteiger partial charge < -0.3 is 9.84 Å². The van der Waals surface area contributed by atoms with E-state index in [1.54, 1.807) is 6.07 Å². The molecule has 166 valence electrons. The van der Waals surface area contributed by atoms with Gasteiger partial charge in [0, 0.05) is 31.5 Å². The first-order valence-corrected chi connectivity index (χ1v) is 11.6. The predicted molar refractivity (Wildman–Crippen MR) is 125 cm³/mol. The minimum Gasteiger partial charge on any atom is -0.508 e. The number of rotatable bonds is 7. The molecule has 2 aliphatic rings. The Labute approximate surface area is 189 Å². The highest BCUT2D eigenvalue weighted by Crippen LogP contribution is 2.47. The van der Waals surface area contributed by atoms with Crippen molar-refractivity contribution >= 4 is 0 Å². The molecule has 1 aliphatic carbocycles. The lowest BCUT2D eigenvalue weighted by molar-refractivity contribution is 0.0668. The number of hydrogen-bond acceptors (Lipinski definition) is 3. The summed E-state index contributed by atoms with van der Waals surface area (Å²) in [5.41, 5.74) is 5.17. The molecule has 0 amide bonds. The number of aryl methyl sites for hydroxylation is 1. The molecular formula is C28H30FNO2. The summed E-state index contributed by atoms with van der Waals surface area (Å²) >= 11 is 0. The zero-order valence-electron chi connectivity index (χ0n) is 18.3. The third-order valence-electron chi connectivity index (χ3n) is 6.98. The van der Waals surface area contributed by atoms with Crippen molar-refractivity contribution in [3.63, 3.8) is 0 Å². The Morgan fingerprint density at radius 1 is 0.938 bits per heavy atom. The van der Waals surface area contributed by atoms with E-state index in [1.165, 1.54) is 22.3 Å². The second-order valence-electron chi connectivity index (χ2n) is 9.11. The van der Waals surface area contributed by atoms with Crippen LogP contribution in [0, 0.1) is 5.92 Å². The molecule has 4 heteroatoms. The predicted octanol–water partition coefficient (Wildman–Crippen LogP) is 5.53. The molecule has 0 saturated carbocycles. The number of alkyl halides is 1. The second kappa shape index (κ2) is 9.33. The molecule has 3 aromatic rings. The van der Waals surface area contributed by atoms with Crippen molar-refractivity contribution in [2.24, 2.45) is 5.92 Å². The highest BCUT2D eigenvalue weighted by molar-refractivity contribution is 5.48. The van der Waals surface area contributed by atoms with Gasteiger partial charge in [-0.15, -0.1) is 0 Å². The number of nitrogens with zero attached hydrogens (tertiary/aromatic N) is 1. The van der Waals surface area contributed by atoms with E-state index in [1.807, 2.05) is 6.07 Å². The van der Waals surface area contributed by atoms with Crippen molar-refractivity contribution in [3.8, 4) is 11.5 Å². The lowest BCUT2D eigenvalue weighted by Gasteiger charge is -2.37. The summed E-state index contributed by atoms with van der Waals surface area (Å²) in [6.45, 7) is 2.93. The van der Waals surface area contributed by atoms with E-state index >= 15 is 0 Å². The normalized spacial score (nSPS) is 21.0. The number of phenolic OH excluding ortho intramolecular Hbond substituents is 1. The molecule has 2 atom stereocenters. The van der Waals surface area contributed by atoms with Gasteiger partial charge in [0.2, 0.25) is 0 Å². The van der Waals surface area contributed by atoms with Crippen LogP contribution in [0.1, 0.15) is 40.5 Å². The monoisotopic (exact) mass is 431 g/mol. The Hall–Kier alpha value is -2.85. The van der Waals surface area contributed by atoms with Crippen molar-refractivity contribution in [2.75, 3.05) is 32.9 Å². The number of hydrogen-bond donors (Lipinski definition) is 1. The summed E-state index contributed by atoms with van der Waals surface area (Å²) in [4.78, 5) is 2.23. The zero-order chi connectivity index (χ0) is 21.9. The van der Waals surface area contributed by atoms with Crippen LogP contribution in [0.2, 0.25) is 0 Å². The van der Waals surface area contributed by atoms with Gasteiger partial charge in [0.1, 0.15) is 18.1 Å². The Kier molecular flexibility index (Phi) is 6.13. The van der Waals surface area contributed by atoms with Crippen LogP contribution < -0.4 is 4.74 Å². The molecule has 3 aromatic carbocycles. The largest absolute Gasteiger partial charge is 0.508 e. The van der Waals surface area contributed by atoms with E-state index in [4.69, 9.17) is 4.74 Å². The average molecular weight is 432 g/mol. The van der Waals surface area contributed by atoms with E-state index in [2.05, 4.69) is 65.6 Å². The molecule has 0 aromatic heterocycles. The van der Waals surface area contributed by atoms with Gasteiger partial charge in [0.05, 0.1) is 6.67 Å². The highest BCUT2D eigenvalue weighted by Gasteiger charge is 2.32. The van der Waals surface area contributed by atoms with Gasteiger partial charge in [-0.3, -0.25) is 9.29 Å². The van der Waals surface area contributed by atoms with Gasteiger partial charge in [-0.25, -0.2) is 0 Å². The lowest BCUT2D eigenvalue weighted by atomic mass is 9.69. The zero-order valence-corrected chi connectivity index (χ0v) is 18.3. The summed E-state index contributed by atoms with van der Waals surface area (Å²) in [7, 11) is 0. The lowest BCUT2D eigenvalue weighted by Crippen LogP contribution is -2.49. The number of benzene rings is 3. The van der Waals surface area contributed by atoms with Crippen molar-refractivity contribution in [3.05, 3.63) is 95.1 Å². The third-order valence-corrected chi connectivity index (χ3v) is 6.98. The first kappa shape index (κ1) is 21.0. The molecule has 5 rings (SSSR count). The fraction of sp³-hybridized carbons (Fsp3) is 0.357. The standard InChI is InChI=1S/C28H30FNO2/c29-17-20-18-30(19-20)14-15-32-25-10-6-22(7-11-25)28-26(21-4-2-1-3-5-21)12-8-23-16-24(31)9-13-27(23)28/h1-7,9-11,13,16,20,26,28,31H,8,12,14-15,17-19H2/t26-,28+/m0/s1. The minimum atomic E-state index is -0.216. The van der Waals surface area contributed by atoms with Gasteiger partial charge in [-0.05, 0) is 65.3 Å². The molecule has 0 unspecified atom stereocenters. The van der Waals surface area contributed by atoms with Crippen LogP contribution in [0.3, 0.4) is 0 Å². The fourth-order valence-electron chi connectivity index (χ4n) is 5.30. The molecule has 1 saturated heterocycles. The van der Waals surface area contributed by atoms with E-state index < -0.39 is 0 Å². The summed E-state index contributed by atoms with van der Waals surface area (Å²) in [5.74, 6) is 2.07. The van der Waals surface area contributed by atoms with E-state index in [0.717, 1.165) is 38.2 Å². The molecule has 3 nitrogen and oxygen atoms in total. The number of aromatic hydroxyl groups is 1. The molecule has 0 spiro atoms. The van der Waals surface area contributed by atoms with Gasteiger partial charge in [0.15, 0.2) is 0 Å². The number of halogens is 1. The van der Waals surface area contributed by atoms with Crippen molar-refractivity contribution in [1.82, 2.24) is 4.90 Å². The van der Waals surface area contributed by atoms with Gasteiger partial charge >= 0.3 is 0 Å². The maximum atomic E-state index is 12.6. The van der Waals surface area contributed by atoms with Crippen molar-refractivity contribution < 1.29 is 14.2 Å². The van der Waals surface area contributed by atoms with Crippen LogP contribution in [0.4, 0.5) is 4.39 Å². The Balaban J connectivity index is 1.33. The summed E-state index contributed by atoms with van der Waals surface area (Å²) in [6, 6.07) is 25.1. The SMILES string of the molecule is Oc1ccc2c(c1)CC[C@@H](c1ccccc1)[C@H]2c1ccc(OCCN2CC(CF)C2)cc1. The van der Waals surface area contributed by atoms with Gasteiger partial charge in [-0.1, -0.05) is 48.5 Å². The molecular weight excluding hydrogens is 401 g/mol. The maximum Gasteiger partial charge on any atom is 0.119 e. The quantitative estimate of drug-likeness (QED) is 0.534. The van der Waals surface area contributed by atoms with Crippen LogP contribution in [0.25, 0.3) is 0 Å². The molecule has 0 bridgehead atoms. The average Bonchev–Trinajstić information content (AvgIpc) is 2.80. The summed E-state index contributed by atoms with van der Waals surface area (Å²) < 4.78 is 18.5. The smallest absolute Gasteiger partial charge is 0.119 e. The van der Waals surface area contributed by atoms with E-state index in [0.29, 0.717) is 18.3 Å². The topological polar surface area (TPSA) is 32.7 Å². The highest BCUT2D eigenvalue weighted by atomic mass is 19.1. The number of likely N-dealkylation sites (tertiary alicyclic amines) is 1. The van der Waals surface area contributed by atoms with Crippen LogP contribution in [0.5, 0.6) is 11.5 Å². The van der Waals surface area contributed by atoms with Crippen LogP contribution in [0.15, 0.2) is 72.8 Å². The van der Waals surface area contributed by atoms with E-state index in [-0.39, 0.29) is 18.5 Å². The van der Waals surface area contributed by atoms with Crippen molar-refractivity contribution in [2.45, 2.75) is 24.7 Å². The molecule has 1 N–H and O–H groups in total. The third kappa shape index (κ3) is 4.37. The Morgan fingerprint density at radius 2 is 1.72 bits per heavy atom. The Bertz CT molecular complexity index is 1030. The molecule has 0 radical (unpaired) electrons. The van der Waals surface area contributed by atoms with Crippen LogP contribution in [-0.4, -0.2) is 42.9 Å². The fourth-order valence-corrected chi connectivity index (χ4v) is 5.30. The number of ether oxygens (including phenoxy) is 1. The number of phenols is 1. The summed E-state index contributed by atoms with van der Waals surface area (Å²) in [6.07, 6.45) is 2.03.